The van der Waals surface area contributed by atoms with E-state index in [1.54, 1.807) is 0 Å². The summed E-state index contributed by atoms with van der Waals surface area (Å²) in [6, 6.07) is 10.6. The van der Waals surface area contributed by atoms with Crippen LogP contribution in [-0.4, -0.2) is 45.7 Å². The van der Waals surface area contributed by atoms with Crippen LogP contribution in [0.15, 0.2) is 54.6 Å². The Morgan fingerprint density at radius 3 is 2.09 bits per heavy atom. The smallest absolute Gasteiger partial charge is 0.306 e. The molecule has 0 bridgehead atoms. The fourth-order valence-electron chi connectivity index (χ4n) is 5.52. The second-order valence-corrected chi connectivity index (χ2v) is 26.1. The van der Waals surface area contributed by atoms with E-state index < -0.39 is 22.6 Å². The van der Waals surface area contributed by atoms with Gasteiger partial charge in [-0.2, -0.15) is 0 Å². The summed E-state index contributed by atoms with van der Waals surface area (Å²) in [6.07, 6.45) is 12.7. The van der Waals surface area contributed by atoms with Gasteiger partial charge in [0.2, 0.25) is 0 Å². The number of Topliss-reactive ketones (excluding diaryl/α,β-unsaturated/α-hetero) is 1. The van der Waals surface area contributed by atoms with Crippen LogP contribution < -0.4 is 0 Å². The first-order chi connectivity index (χ1) is 20.7. The molecule has 0 spiro atoms. The van der Waals surface area contributed by atoms with E-state index in [0.29, 0.717) is 25.7 Å². The van der Waals surface area contributed by atoms with Gasteiger partial charge in [0, 0.05) is 18.3 Å². The standard InChI is InChI=1S/C38H64O5Si2/c1-28(2)31(36(40)41)21-17-14-18-22-32-33(35(27-34(32)39)43-45(11,12)38(6,7)8)26-25-30(42-44(9,10)37(3,4)5)24-23-29-19-15-13-16-20-29/h13-16,18-20,25-26,28,30-33,35H,17,21-24,27H2,1-12H3,(H,40,41)/t30-,31?,32+,33+,35+/m0/s1. The van der Waals surface area contributed by atoms with Crippen molar-refractivity contribution in [2.75, 3.05) is 0 Å². The second kappa shape index (κ2) is 16.3. The van der Waals surface area contributed by atoms with Gasteiger partial charge < -0.3 is 14.0 Å². The molecule has 1 aliphatic carbocycles. The average molecular weight is 657 g/mol. The minimum absolute atomic E-state index is 0.0269. The summed E-state index contributed by atoms with van der Waals surface area (Å²) < 4.78 is 13.9. The number of aliphatic carboxylic acids is 1. The molecule has 1 aromatic carbocycles. The minimum Gasteiger partial charge on any atom is -0.481 e. The lowest BCUT2D eigenvalue weighted by atomic mass is 9.89. The molecule has 45 heavy (non-hydrogen) atoms. The zero-order valence-electron chi connectivity index (χ0n) is 30.5. The molecule has 5 nitrogen and oxygen atoms in total. The lowest BCUT2D eigenvalue weighted by Crippen LogP contribution is -2.45. The number of rotatable bonds is 16. The van der Waals surface area contributed by atoms with Gasteiger partial charge in [0.25, 0.3) is 0 Å². The quantitative estimate of drug-likeness (QED) is 0.142. The summed E-state index contributed by atoms with van der Waals surface area (Å²) >= 11 is 0. The first kappa shape index (κ1) is 39.4. The van der Waals surface area contributed by atoms with Crippen molar-refractivity contribution in [2.24, 2.45) is 23.7 Å². The number of benzene rings is 1. The van der Waals surface area contributed by atoms with E-state index >= 15 is 0 Å². The van der Waals surface area contributed by atoms with Crippen LogP contribution in [0.25, 0.3) is 0 Å². The van der Waals surface area contributed by atoms with Crippen molar-refractivity contribution in [2.45, 2.75) is 142 Å². The molecule has 254 valence electrons. The highest BCUT2D eigenvalue weighted by atomic mass is 28.4. The van der Waals surface area contributed by atoms with Gasteiger partial charge in [-0.1, -0.05) is 110 Å². The van der Waals surface area contributed by atoms with Gasteiger partial charge >= 0.3 is 5.97 Å². The number of carboxylic acid groups (broad SMARTS) is 1. The van der Waals surface area contributed by atoms with E-state index in [4.69, 9.17) is 8.85 Å². The summed E-state index contributed by atoms with van der Waals surface area (Å²) in [5, 5.41) is 9.68. The van der Waals surface area contributed by atoms with Crippen LogP contribution in [0.4, 0.5) is 0 Å². The monoisotopic (exact) mass is 656 g/mol. The van der Waals surface area contributed by atoms with Crippen LogP contribution in [0.2, 0.25) is 36.3 Å². The number of ketones is 1. The van der Waals surface area contributed by atoms with Crippen molar-refractivity contribution in [1.82, 2.24) is 0 Å². The summed E-state index contributed by atoms with van der Waals surface area (Å²) in [4.78, 5) is 25.2. The maximum absolute atomic E-state index is 13.6. The summed E-state index contributed by atoms with van der Waals surface area (Å²) in [5.41, 5.74) is 1.30. The van der Waals surface area contributed by atoms with Gasteiger partial charge in [-0.3, -0.25) is 9.59 Å². The molecule has 0 aliphatic heterocycles. The predicted molar refractivity (Wildman–Crippen MR) is 194 cm³/mol. The Morgan fingerprint density at radius 1 is 0.956 bits per heavy atom. The number of allylic oxidation sites excluding steroid dienone is 2. The molecule has 7 heteroatoms. The van der Waals surface area contributed by atoms with Crippen LogP contribution in [0.5, 0.6) is 0 Å². The fraction of sp³-hybridized carbons (Fsp3) is 0.684. The Morgan fingerprint density at radius 2 is 1.56 bits per heavy atom. The molecule has 2 rings (SSSR count). The molecule has 0 heterocycles. The van der Waals surface area contributed by atoms with Gasteiger partial charge in [-0.15, -0.1) is 0 Å². The number of hydrogen-bond donors (Lipinski definition) is 1. The van der Waals surface area contributed by atoms with Crippen molar-refractivity contribution in [3.05, 3.63) is 60.2 Å². The Balaban J connectivity index is 2.35. The molecule has 1 unspecified atom stereocenters. The molecule has 1 aromatic rings. The molecule has 5 atom stereocenters. The summed E-state index contributed by atoms with van der Waals surface area (Å²) in [6.45, 7) is 26.6. The molecule has 1 aliphatic rings. The molecule has 0 aromatic heterocycles. The van der Waals surface area contributed by atoms with Crippen molar-refractivity contribution < 1.29 is 23.5 Å². The molecular weight excluding hydrogens is 593 g/mol. The maximum atomic E-state index is 13.6. The van der Waals surface area contributed by atoms with Crippen LogP contribution in [-0.2, 0) is 24.9 Å². The largest absolute Gasteiger partial charge is 0.481 e. The van der Waals surface area contributed by atoms with Crippen LogP contribution >= 0.6 is 0 Å². The number of carbonyl (C=O) groups excluding carboxylic acids is 1. The summed E-state index contributed by atoms with van der Waals surface area (Å²) in [7, 11) is -4.16. The van der Waals surface area contributed by atoms with Crippen molar-refractivity contribution in [3.63, 3.8) is 0 Å². The van der Waals surface area contributed by atoms with Gasteiger partial charge in [0.05, 0.1) is 18.1 Å². The molecule has 1 fully saturated rings. The van der Waals surface area contributed by atoms with E-state index in [1.807, 2.05) is 13.8 Å². The maximum Gasteiger partial charge on any atom is 0.306 e. The van der Waals surface area contributed by atoms with Gasteiger partial charge in [0.15, 0.2) is 16.6 Å². The van der Waals surface area contributed by atoms with Crippen molar-refractivity contribution in [3.8, 4) is 0 Å². The van der Waals surface area contributed by atoms with Crippen molar-refractivity contribution in [1.29, 1.82) is 0 Å². The number of carboxylic acids is 1. The third-order valence-corrected chi connectivity index (χ3v) is 19.7. The lowest BCUT2D eigenvalue weighted by Gasteiger charge is -2.40. The number of carbonyl (C=O) groups is 2. The van der Waals surface area contributed by atoms with Gasteiger partial charge in [-0.05, 0) is 79.9 Å². The van der Waals surface area contributed by atoms with E-state index in [1.165, 1.54) is 5.56 Å². The van der Waals surface area contributed by atoms with Gasteiger partial charge in [0.1, 0.15) is 5.78 Å². The van der Waals surface area contributed by atoms with E-state index in [9.17, 15) is 14.7 Å². The predicted octanol–water partition coefficient (Wildman–Crippen LogP) is 10.2. The Bertz CT molecular complexity index is 1140. The number of hydrogen-bond acceptors (Lipinski definition) is 4. The zero-order valence-corrected chi connectivity index (χ0v) is 32.5. The Labute approximate surface area is 277 Å². The zero-order chi connectivity index (χ0) is 34.2. The molecule has 0 saturated heterocycles. The highest BCUT2D eigenvalue weighted by molar-refractivity contribution is 6.74. The third-order valence-electron chi connectivity index (χ3n) is 10.6. The fourth-order valence-corrected chi connectivity index (χ4v) is 8.17. The molecule has 0 amide bonds. The topological polar surface area (TPSA) is 72.8 Å². The van der Waals surface area contributed by atoms with E-state index in [0.717, 1.165) is 12.8 Å². The summed E-state index contributed by atoms with van der Waals surface area (Å²) in [5.74, 6) is -0.916. The van der Waals surface area contributed by atoms with Gasteiger partial charge in [-0.25, -0.2) is 0 Å². The number of aryl methyl sites for hydroxylation is 1. The second-order valence-electron chi connectivity index (χ2n) is 16.6. The molecular formula is C38H64O5Si2. The van der Waals surface area contributed by atoms with Crippen LogP contribution in [0.1, 0.15) is 93.1 Å². The first-order valence-corrected chi connectivity index (χ1v) is 23.0. The van der Waals surface area contributed by atoms with E-state index in [-0.39, 0.29) is 51.7 Å². The average Bonchev–Trinajstić information content (AvgIpc) is 3.19. The molecule has 0 radical (unpaired) electrons. The molecule has 1 saturated carbocycles. The first-order valence-electron chi connectivity index (χ1n) is 17.1. The highest BCUT2D eigenvalue weighted by Crippen LogP contribution is 2.43. The van der Waals surface area contributed by atoms with Crippen molar-refractivity contribution >= 4 is 28.4 Å². The van der Waals surface area contributed by atoms with Crippen LogP contribution in [0.3, 0.4) is 0 Å². The minimum atomic E-state index is -2.11. The third kappa shape index (κ3) is 11.7. The Hall–Kier alpha value is -1.81. The lowest BCUT2D eigenvalue weighted by molar-refractivity contribution is -0.143. The normalized spacial score (nSPS) is 21.7. The SMILES string of the molecule is CC(C)C(CCC=CC[C@H]1C(=O)C[C@@H](O[Si](C)(C)C(C)(C)C)[C@@H]1C=C[C@H](CCc1ccccc1)O[Si](C)(C)C(C)(C)C)C(=O)O. The Kier molecular flexibility index (Phi) is 14.3. The highest BCUT2D eigenvalue weighted by Gasteiger charge is 2.47. The molecule has 1 N–H and O–H groups in total. The van der Waals surface area contributed by atoms with E-state index in [2.05, 4.69) is 122 Å². The van der Waals surface area contributed by atoms with Crippen LogP contribution in [0, 0.1) is 23.7 Å².